The molecule has 26 heavy (non-hydrogen) atoms. The molecule has 4 aliphatic rings. The van der Waals surface area contributed by atoms with Crippen molar-refractivity contribution in [3.63, 3.8) is 0 Å². The van der Waals surface area contributed by atoms with Gasteiger partial charge in [-0.25, -0.2) is 0 Å². The molecule has 1 aliphatic carbocycles. The zero-order chi connectivity index (χ0) is 18.3. The molecular formula is C18H31ClN6O. The van der Waals surface area contributed by atoms with Crippen LogP contribution in [0.3, 0.4) is 0 Å². The number of amides is 1. The van der Waals surface area contributed by atoms with Gasteiger partial charge >= 0.3 is 0 Å². The van der Waals surface area contributed by atoms with Gasteiger partial charge in [-0.15, -0.1) is 11.6 Å². The Balaban J connectivity index is 1.60. The highest BCUT2D eigenvalue weighted by Gasteiger charge is 2.42. The van der Waals surface area contributed by atoms with E-state index in [0.717, 1.165) is 44.2 Å². The summed E-state index contributed by atoms with van der Waals surface area (Å²) in [5, 5.41) is 17.3. The van der Waals surface area contributed by atoms with Crippen LogP contribution in [-0.2, 0) is 4.79 Å². The van der Waals surface area contributed by atoms with Gasteiger partial charge in [0.25, 0.3) is 0 Å². The number of carbonyl (C=O) groups is 1. The van der Waals surface area contributed by atoms with Crippen molar-refractivity contribution in [3.05, 3.63) is 12.3 Å². The average molecular weight is 383 g/mol. The summed E-state index contributed by atoms with van der Waals surface area (Å²) < 4.78 is 0. The molecule has 1 saturated carbocycles. The van der Waals surface area contributed by atoms with Gasteiger partial charge < -0.3 is 21.7 Å². The minimum absolute atomic E-state index is 0.0344. The Hall–Kier alpha value is -0.860. The zero-order valence-electron chi connectivity index (χ0n) is 15.1. The first-order chi connectivity index (χ1) is 12.5. The fourth-order valence-corrected chi connectivity index (χ4v) is 5.53. The SMILES string of the molecule is C=C1CC2NC3CC(NC(=O)C4C(Cl)CCCC4CC(N1)N2)C(N)CN3. The number of nitrogens with one attached hydrogen (secondary N) is 5. The average Bonchev–Trinajstić information content (AvgIpc) is 2.56. The van der Waals surface area contributed by atoms with E-state index in [-0.39, 0.29) is 53.7 Å². The Labute approximate surface area is 160 Å². The van der Waals surface area contributed by atoms with Crippen LogP contribution >= 0.6 is 11.6 Å². The summed E-state index contributed by atoms with van der Waals surface area (Å²) in [4.78, 5) is 13.1. The second kappa shape index (κ2) is 7.64. The van der Waals surface area contributed by atoms with Gasteiger partial charge in [0.15, 0.2) is 0 Å². The number of hydrogen-bond donors (Lipinski definition) is 6. The summed E-state index contributed by atoms with van der Waals surface area (Å²) >= 11 is 6.64. The van der Waals surface area contributed by atoms with Crippen LogP contribution in [0.2, 0.25) is 0 Å². The second-order valence-electron chi connectivity index (χ2n) is 8.33. The third-order valence-corrected chi connectivity index (χ3v) is 6.85. The first-order valence-electron chi connectivity index (χ1n) is 9.89. The number of nitrogens with two attached hydrogens (primary N) is 1. The molecule has 0 aromatic carbocycles. The summed E-state index contributed by atoms with van der Waals surface area (Å²) in [5.41, 5.74) is 7.31. The van der Waals surface area contributed by atoms with Gasteiger partial charge in [0.05, 0.1) is 24.4 Å². The van der Waals surface area contributed by atoms with Crippen molar-refractivity contribution < 1.29 is 4.79 Å². The van der Waals surface area contributed by atoms with E-state index < -0.39 is 0 Å². The molecule has 0 radical (unpaired) electrons. The first-order valence-corrected chi connectivity index (χ1v) is 10.3. The quantitative estimate of drug-likeness (QED) is 0.327. The molecule has 4 bridgehead atoms. The lowest BCUT2D eigenvalue weighted by Gasteiger charge is -2.44. The van der Waals surface area contributed by atoms with Gasteiger partial charge in [0.2, 0.25) is 5.91 Å². The Morgan fingerprint density at radius 3 is 2.73 bits per heavy atom. The van der Waals surface area contributed by atoms with E-state index in [4.69, 9.17) is 17.3 Å². The first kappa shape index (κ1) is 18.5. The molecule has 3 saturated heterocycles. The second-order valence-corrected chi connectivity index (χ2v) is 8.90. The minimum atomic E-state index is -0.157. The summed E-state index contributed by atoms with van der Waals surface area (Å²) in [6, 6.07) is -0.118. The van der Waals surface area contributed by atoms with E-state index in [0.29, 0.717) is 6.54 Å². The van der Waals surface area contributed by atoms with Gasteiger partial charge in [-0.2, -0.15) is 0 Å². The van der Waals surface area contributed by atoms with Crippen LogP contribution in [0, 0.1) is 11.8 Å². The molecule has 0 spiro atoms. The number of alkyl halides is 1. The van der Waals surface area contributed by atoms with Crippen molar-refractivity contribution in [2.75, 3.05) is 6.54 Å². The fourth-order valence-electron chi connectivity index (χ4n) is 5.05. The normalized spacial score (nSPS) is 46.8. The van der Waals surface area contributed by atoms with E-state index in [9.17, 15) is 4.79 Å². The Morgan fingerprint density at radius 1 is 1.08 bits per heavy atom. The highest BCUT2D eigenvalue weighted by atomic mass is 35.5. The molecule has 7 N–H and O–H groups in total. The Morgan fingerprint density at radius 2 is 1.88 bits per heavy atom. The molecule has 3 heterocycles. The monoisotopic (exact) mass is 382 g/mol. The maximum atomic E-state index is 13.1. The molecule has 3 aliphatic heterocycles. The third kappa shape index (κ3) is 3.87. The van der Waals surface area contributed by atoms with Crippen LogP contribution < -0.4 is 32.3 Å². The predicted octanol–water partition coefficient (Wildman–Crippen LogP) is -0.116. The lowest BCUT2D eigenvalue weighted by atomic mass is 9.75. The maximum Gasteiger partial charge on any atom is 0.225 e. The summed E-state index contributed by atoms with van der Waals surface area (Å²) in [5.74, 6) is 0.175. The van der Waals surface area contributed by atoms with Crippen LogP contribution in [0.1, 0.15) is 38.5 Å². The predicted molar refractivity (Wildman–Crippen MR) is 102 cm³/mol. The van der Waals surface area contributed by atoms with Gasteiger partial charge in [-0.05, 0) is 31.6 Å². The molecule has 4 fully saturated rings. The maximum absolute atomic E-state index is 13.1. The number of piperidine rings is 1. The molecule has 4 rings (SSSR count). The standard InChI is InChI=1S/C18H31ClN6O/c1-9-5-15-24-14-7-13(12(20)8-21-14)23-18(26)17-10(3-2-4-11(17)19)6-16(22-9)25-15/h10-17,21-22,24-25H,1-8,20H2,(H,23,26). The zero-order valence-corrected chi connectivity index (χ0v) is 15.9. The van der Waals surface area contributed by atoms with Crippen molar-refractivity contribution in [1.29, 1.82) is 0 Å². The van der Waals surface area contributed by atoms with E-state index in [1.807, 2.05) is 0 Å². The molecule has 0 aromatic rings. The third-order valence-electron chi connectivity index (χ3n) is 6.36. The summed E-state index contributed by atoms with van der Waals surface area (Å²) in [6.07, 6.45) is 5.86. The number of carbonyl (C=O) groups excluding carboxylic acids is 1. The number of hydrogen-bond acceptors (Lipinski definition) is 6. The van der Waals surface area contributed by atoms with E-state index >= 15 is 0 Å². The fraction of sp³-hybridized carbons (Fsp3) is 0.833. The number of rotatable bonds is 0. The van der Waals surface area contributed by atoms with Gasteiger partial charge in [0, 0.05) is 36.1 Å². The highest BCUT2D eigenvalue weighted by molar-refractivity contribution is 6.22. The summed E-state index contributed by atoms with van der Waals surface area (Å²) in [7, 11) is 0. The van der Waals surface area contributed by atoms with Crippen LogP contribution in [-0.4, -0.2) is 48.4 Å². The largest absolute Gasteiger partial charge is 0.373 e. The lowest BCUT2D eigenvalue weighted by molar-refractivity contribution is -0.129. The lowest BCUT2D eigenvalue weighted by Crippen LogP contribution is -2.68. The molecule has 8 unspecified atom stereocenters. The molecule has 8 atom stereocenters. The molecule has 8 heteroatoms. The minimum Gasteiger partial charge on any atom is -0.373 e. The van der Waals surface area contributed by atoms with Crippen molar-refractivity contribution >= 4 is 17.5 Å². The van der Waals surface area contributed by atoms with Crippen molar-refractivity contribution in [2.45, 2.75) is 74.5 Å². The van der Waals surface area contributed by atoms with E-state index in [1.54, 1.807) is 0 Å². The number of halogens is 1. The van der Waals surface area contributed by atoms with Gasteiger partial charge in [0.1, 0.15) is 0 Å². The molecule has 7 nitrogen and oxygen atoms in total. The molecular weight excluding hydrogens is 352 g/mol. The van der Waals surface area contributed by atoms with Crippen molar-refractivity contribution in [1.82, 2.24) is 26.6 Å². The van der Waals surface area contributed by atoms with Gasteiger partial charge in [-0.1, -0.05) is 13.0 Å². The van der Waals surface area contributed by atoms with E-state index in [1.165, 1.54) is 0 Å². The van der Waals surface area contributed by atoms with Gasteiger partial charge in [-0.3, -0.25) is 15.4 Å². The Bertz CT molecular complexity index is 560. The summed E-state index contributed by atoms with van der Waals surface area (Å²) in [6.45, 7) is 4.83. The highest BCUT2D eigenvalue weighted by Crippen LogP contribution is 2.37. The Kier molecular flexibility index (Phi) is 5.43. The van der Waals surface area contributed by atoms with Crippen LogP contribution in [0.5, 0.6) is 0 Å². The van der Waals surface area contributed by atoms with Crippen LogP contribution in [0.15, 0.2) is 12.3 Å². The van der Waals surface area contributed by atoms with Crippen LogP contribution in [0.4, 0.5) is 0 Å². The smallest absolute Gasteiger partial charge is 0.225 e. The van der Waals surface area contributed by atoms with Crippen molar-refractivity contribution in [2.24, 2.45) is 17.6 Å². The molecule has 146 valence electrons. The van der Waals surface area contributed by atoms with Crippen LogP contribution in [0.25, 0.3) is 0 Å². The molecule has 1 amide bonds. The topological polar surface area (TPSA) is 103 Å². The van der Waals surface area contributed by atoms with E-state index in [2.05, 4.69) is 33.2 Å². The molecule has 0 aromatic heterocycles. The number of fused-ring (bicyclic) bond motifs is 5. The van der Waals surface area contributed by atoms with Crippen molar-refractivity contribution in [3.8, 4) is 0 Å².